The summed E-state index contributed by atoms with van der Waals surface area (Å²) >= 11 is 1.88. The molecule has 1 aromatic carbocycles. The highest BCUT2D eigenvalue weighted by atomic mass is 32.1. The van der Waals surface area contributed by atoms with Crippen molar-refractivity contribution in [1.82, 2.24) is 15.1 Å². The van der Waals surface area contributed by atoms with Crippen LogP contribution in [-0.2, 0) is 6.54 Å². The predicted molar refractivity (Wildman–Crippen MR) is 107 cm³/mol. The van der Waals surface area contributed by atoms with Gasteiger partial charge in [-0.2, -0.15) is 5.10 Å². The minimum Gasteiger partial charge on any atom is -0.497 e. The van der Waals surface area contributed by atoms with Gasteiger partial charge in [0.25, 0.3) is 0 Å². The Balaban J connectivity index is 1.58. The number of aromatic amines is 1. The Hall–Kier alpha value is -2.11. The van der Waals surface area contributed by atoms with Gasteiger partial charge in [0.1, 0.15) is 5.75 Å². The average Bonchev–Trinajstić information content (AvgIpc) is 3.31. The Morgan fingerprint density at radius 2 is 2.08 bits per heavy atom. The number of likely N-dealkylation sites (tertiary alicyclic amines) is 1. The van der Waals surface area contributed by atoms with Gasteiger partial charge in [0.15, 0.2) is 0 Å². The largest absolute Gasteiger partial charge is 0.497 e. The Kier molecular flexibility index (Phi) is 5.37. The van der Waals surface area contributed by atoms with E-state index in [2.05, 4.69) is 44.7 Å². The SMILES string of the molecule is COc1ccc(-c2[nH]ncc2CN2CCCCC[C@H]2c2cccs2)cc1. The molecule has 1 saturated heterocycles. The van der Waals surface area contributed by atoms with E-state index in [9.17, 15) is 0 Å². The van der Waals surface area contributed by atoms with Crippen molar-refractivity contribution in [3.63, 3.8) is 0 Å². The molecule has 3 aromatic rings. The van der Waals surface area contributed by atoms with Crippen LogP contribution in [0.5, 0.6) is 5.75 Å². The van der Waals surface area contributed by atoms with Gasteiger partial charge in [-0.3, -0.25) is 10.00 Å². The molecule has 0 bridgehead atoms. The van der Waals surface area contributed by atoms with Crippen molar-refractivity contribution in [2.24, 2.45) is 0 Å². The van der Waals surface area contributed by atoms with E-state index in [1.807, 2.05) is 29.7 Å². The second-order valence-corrected chi connectivity index (χ2v) is 7.83. The third-order valence-electron chi connectivity index (χ3n) is 5.21. The van der Waals surface area contributed by atoms with E-state index in [4.69, 9.17) is 4.74 Å². The number of methoxy groups -OCH3 is 1. The molecule has 2 aromatic heterocycles. The first-order valence-electron chi connectivity index (χ1n) is 9.29. The molecule has 1 atom stereocenters. The van der Waals surface area contributed by atoms with Gasteiger partial charge in [-0.25, -0.2) is 0 Å². The van der Waals surface area contributed by atoms with Crippen LogP contribution >= 0.6 is 11.3 Å². The van der Waals surface area contributed by atoms with Crippen molar-refractivity contribution in [2.45, 2.75) is 38.3 Å². The van der Waals surface area contributed by atoms with Crippen LogP contribution in [0.3, 0.4) is 0 Å². The number of H-pyrrole nitrogens is 1. The highest BCUT2D eigenvalue weighted by Crippen LogP contribution is 2.35. The van der Waals surface area contributed by atoms with Crippen molar-refractivity contribution in [2.75, 3.05) is 13.7 Å². The molecule has 0 spiro atoms. The number of aromatic nitrogens is 2. The van der Waals surface area contributed by atoms with Crippen molar-refractivity contribution >= 4 is 11.3 Å². The zero-order valence-electron chi connectivity index (χ0n) is 15.1. The number of hydrogen-bond acceptors (Lipinski definition) is 4. The highest BCUT2D eigenvalue weighted by molar-refractivity contribution is 7.10. The summed E-state index contributed by atoms with van der Waals surface area (Å²) in [5, 5.41) is 9.73. The molecule has 4 rings (SSSR count). The lowest BCUT2D eigenvalue weighted by molar-refractivity contribution is 0.195. The summed E-state index contributed by atoms with van der Waals surface area (Å²) in [6.07, 6.45) is 7.15. The van der Waals surface area contributed by atoms with Crippen LogP contribution in [0.15, 0.2) is 48.0 Å². The molecule has 5 heteroatoms. The molecule has 3 heterocycles. The maximum atomic E-state index is 5.27. The first-order valence-corrected chi connectivity index (χ1v) is 10.2. The number of ether oxygens (including phenoxy) is 1. The second kappa shape index (κ2) is 8.06. The summed E-state index contributed by atoms with van der Waals surface area (Å²) in [4.78, 5) is 4.12. The van der Waals surface area contributed by atoms with Crippen LogP contribution < -0.4 is 4.74 Å². The van der Waals surface area contributed by atoms with Gasteiger partial charge in [0, 0.05) is 28.6 Å². The van der Waals surface area contributed by atoms with Crippen LogP contribution in [-0.4, -0.2) is 28.8 Å². The van der Waals surface area contributed by atoms with Gasteiger partial charge < -0.3 is 4.74 Å². The van der Waals surface area contributed by atoms with Crippen LogP contribution in [0.4, 0.5) is 0 Å². The van der Waals surface area contributed by atoms with Gasteiger partial charge in [-0.1, -0.05) is 18.9 Å². The molecular formula is C21H25N3OS. The summed E-state index contributed by atoms with van der Waals surface area (Å²) in [5.74, 6) is 0.875. The van der Waals surface area contributed by atoms with Gasteiger partial charge in [0.05, 0.1) is 19.0 Å². The zero-order valence-corrected chi connectivity index (χ0v) is 16.0. The fourth-order valence-electron chi connectivity index (χ4n) is 3.82. The van der Waals surface area contributed by atoms with Crippen molar-refractivity contribution < 1.29 is 4.74 Å². The third kappa shape index (κ3) is 3.69. The lowest BCUT2D eigenvalue weighted by atomic mass is 10.1. The Bertz CT molecular complexity index is 810. The van der Waals surface area contributed by atoms with Crippen LogP contribution in [0, 0.1) is 0 Å². The molecule has 0 aliphatic carbocycles. The summed E-state index contributed by atoms with van der Waals surface area (Å²) in [6, 6.07) is 13.2. The van der Waals surface area contributed by atoms with Crippen molar-refractivity contribution in [1.29, 1.82) is 0 Å². The third-order valence-corrected chi connectivity index (χ3v) is 6.18. The molecule has 0 amide bonds. The minimum absolute atomic E-state index is 0.524. The van der Waals surface area contributed by atoms with E-state index in [1.54, 1.807) is 7.11 Å². The van der Waals surface area contributed by atoms with Gasteiger partial charge in [0.2, 0.25) is 0 Å². The average molecular weight is 368 g/mol. The molecule has 26 heavy (non-hydrogen) atoms. The number of rotatable bonds is 5. The van der Waals surface area contributed by atoms with E-state index < -0.39 is 0 Å². The molecule has 0 unspecified atom stereocenters. The molecular weight excluding hydrogens is 342 g/mol. The molecule has 0 radical (unpaired) electrons. The fraction of sp³-hybridized carbons (Fsp3) is 0.381. The number of benzene rings is 1. The normalized spacial score (nSPS) is 18.6. The maximum absolute atomic E-state index is 5.27. The number of nitrogens with one attached hydrogen (secondary N) is 1. The zero-order chi connectivity index (χ0) is 17.8. The molecule has 0 saturated carbocycles. The molecule has 1 N–H and O–H groups in total. The highest BCUT2D eigenvalue weighted by Gasteiger charge is 2.24. The van der Waals surface area contributed by atoms with E-state index >= 15 is 0 Å². The van der Waals surface area contributed by atoms with E-state index in [1.165, 1.54) is 36.1 Å². The van der Waals surface area contributed by atoms with Crippen LogP contribution in [0.1, 0.15) is 42.2 Å². The van der Waals surface area contributed by atoms with Crippen molar-refractivity contribution in [3.05, 3.63) is 58.4 Å². The van der Waals surface area contributed by atoms with Gasteiger partial charge in [-0.05, 0) is 55.1 Å². The molecule has 1 fully saturated rings. The standard InChI is InChI=1S/C21H25N3OS/c1-25-18-10-8-16(9-11-18)21-17(14-22-23-21)15-24-12-4-2-3-6-19(24)20-7-5-13-26-20/h5,7-11,13-14,19H,2-4,6,12,15H2,1H3,(H,22,23)/t19-/m0/s1. The molecule has 136 valence electrons. The molecule has 4 nitrogen and oxygen atoms in total. The number of hydrogen-bond donors (Lipinski definition) is 1. The smallest absolute Gasteiger partial charge is 0.118 e. The monoisotopic (exact) mass is 367 g/mol. The number of nitrogens with zero attached hydrogens (tertiary/aromatic N) is 2. The van der Waals surface area contributed by atoms with E-state index in [0.29, 0.717) is 6.04 Å². The minimum atomic E-state index is 0.524. The Morgan fingerprint density at radius 3 is 2.85 bits per heavy atom. The molecule has 1 aliphatic rings. The summed E-state index contributed by atoms with van der Waals surface area (Å²) < 4.78 is 5.27. The topological polar surface area (TPSA) is 41.1 Å². The quantitative estimate of drug-likeness (QED) is 0.668. The van der Waals surface area contributed by atoms with Crippen molar-refractivity contribution in [3.8, 4) is 17.0 Å². The van der Waals surface area contributed by atoms with Crippen LogP contribution in [0.25, 0.3) is 11.3 Å². The Labute approximate surface area is 158 Å². The van der Waals surface area contributed by atoms with E-state index in [0.717, 1.165) is 30.1 Å². The van der Waals surface area contributed by atoms with Crippen LogP contribution in [0.2, 0.25) is 0 Å². The van der Waals surface area contributed by atoms with Gasteiger partial charge in [-0.15, -0.1) is 11.3 Å². The summed E-state index contributed by atoms with van der Waals surface area (Å²) in [6.45, 7) is 2.08. The lowest BCUT2D eigenvalue weighted by Crippen LogP contribution is -2.27. The van der Waals surface area contributed by atoms with Gasteiger partial charge >= 0.3 is 0 Å². The first kappa shape index (κ1) is 17.3. The summed E-state index contributed by atoms with van der Waals surface area (Å²) in [5.41, 5.74) is 3.53. The fourth-order valence-corrected chi connectivity index (χ4v) is 4.71. The molecule has 1 aliphatic heterocycles. The first-order chi connectivity index (χ1) is 12.8. The summed E-state index contributed by atoms with van der Waals surface area (Å²) in [7, 11) is 1.70. The maximum Gasteiger partial charge on any atom is 0.118 e. The predicted octanol–water partition coefficient (Wildman–Crippen LogP) is 5.26. The lowest BCUT2D eigenvalue weighted by Gasteiger charge is -2.29. The second-order valence-electron chi connectivity index (χ2n) is 6.85. The Morgan fingerprint density at radius 1 is 1.19 bits per heavy atom. The number of thiophene rings is 1. The van der Waals surface area contributed by atoms with E-state index in [-0.39, 0.29) is 0 Å².